The maximum absolute atomic E-state index is 13.8. The zero-order valence-electron chi connectivity index (χ0n) is 14.7. The number of hydrogen-bond acceptors (Lipinski definition) is 4. The molecule has 0 aliphatic carbocycles. The van der Waals surface area contributed by atoms with E-state index in [1.807, 2.05) is 25.1 Å². The second-order valence-corrected chi connectivity index (χ2v) is 6.20. The predicted molar refractivity (Wildman–Crippen MR) is 102 cm³/mol. The van der Waals surface area contributed by atoms with Crippen LogP contribution in [-0.4, -0.2) is 25.8 Å². The number of aromatic amines is 1. The molecule has 6 nitrogen and oxygen atoms in total. The van der Waals surface area contributed by atoms with E-state index >= 15 is 0 Å². The fourth-order valence-electron chi connectivity index (χ4n) is 2.99. The number of nitrogens with zero attached hydrogens (tertiary/aromatic N) is 3. The van der Waals surface area contributed by atoms with E-state index in [-0.39, 0.29) is 5.91 Å². The maximum atomic E-state index is 13.8. The van der Waals surface area contributed by atoms with E-state index in [1.54, 1.807) is 24.5 Å². The molecule has 0 unspecified atom stereocenters. The number of amides is 1. The molecular weight excluding hydrogens is 345 g/mol. The number of fused-ring (bicyclic) bond motifs is 1. The number of hydrogen-bond donors (Lipinski definition) is 2. The van der Waals surface area contributed by atoms with Gasteiger partial charge in [0.2, 0.25) is 11.9 Å². The van der Waals surface area contributed by atoms with Gasteiger partial charge in [0.25, 0.3) is 0 Å². The minimum Gasteiger partial charge on any atom is -0.353 e. The predicted octanol–water partition coefficient (Wildman–Crippen LogP) is 4.09. The van der Waals surface area contributed by atoms with Crippen molar-refractivity contribution in [3.8, 4) is 22.4 Å². The summed E-state index contributed by atoms with van der Waals surface area (Å²) >= 11 is 0. The van der Waals surface area contributed by atoms with Gasteiger partial charge in [-0.25, -0.2) is 9.97 Å². The zero-order chi connectivity index (χ0) is 19.0. The van der Waals surface area contributed by atoms with Crippen molar-refractivity contribution in [2.75, 3.05) is 5.32 Å². The van der Waals surface area contributed by atoms with Crippen molar-refractivity contribution in [3.05, 3.63) is 60.4 Å². The highest BCUT2D eigenvalue weighted by molar-refractivity contribution is 6.01. The molecule has 0 saturated carbocycles. The monoisotopic (exact) mass is 361 g/mol. The van der Waals surface area contributed by atoms with Gasteiger partial charge < -0.3 is 10.3 Å². The Hall–Kier alpha value is -3.61. The van der Waals surface area contributed by atoms with Crippen molar-refractivity contribution in [1.29, 1.82) is 0 Å². The Kier molecular flexibility index (Phi) is 4.12. The van der Waals surface area contributed by atoms with Crippen LogP contribution < -0.4 is 5.32 Å². The van der Waals surface area contributed by atoms with Crippen LogP contribution in [-0.2, 0) is 4.79 Å². The molecule has 0 spiro atoms. The van der Waals surface area contributed by atoms with Crippen LogP contribution in [0, 0.1) is 12.9 Å². The van der Waals surface area contributed by atoms with E-state index in [0.717, 1.165) is 28.1 Å². The molecule has 27 heavy (non-hydrogen) atoms. The lowest BCUT2D eigenvalue weighted by molar-refractivity contribution is -0.114. The smallest absolute Gasteiger partial charge is 0.222 e. The maximum Gasteiger partial charge on any atom is 0.222 e. The van der Waals surface area contributed by atoms with Crippen molar-refractivity contribution in [1.82, 2.24) is 19.9 Å². The number of anilines is 1. The first-order valence-corrected chi connectivity index (χ1v) is 8.36. The summed E-state index contributed by atoms with van der Waals surface area (Å²) in [6.45, 7) is 3.33. The number of halogens is 1. The second kappa shape index (κ2) is 6.60. The lowest BCUT2D eigenvalue weighted by Gasteiger charge is -2.07. The molecule has 0 aromatic carbocycles. The molecule has 4 aromatic rings. The molecule has 0 fully saturated rings. The summed E-state index contributed by atoms with van der Waals surface area (Å²) in [5.74, 6) is -0.322. The number of rotatable bonds is 3. The molecule has 2 N–H and O–H groups in total. The fourth-order valence-corrected chi connectivity index (χ4v) is 2.99. The van der Waals surface area contributed by atoms with Gasteiger partial charge in [-0.3, -0.25) is 9.78 Å². The number of nitrogens with one attached hydrogen (secondary N) is 2. The van der Waals surface area contributed by atoms with Crippen molar-refractivity contribution in [2.45, 2.75) is 13.8 Å². The highest BCUT2D eigenvalue weighted by atomic mass is 19.1. The molecule has 4 aromatic heterocycles. The largest absolute Gasteiger partial charge is 0.353 e. The number of aryl methyl sites for hydroxylation is 1. The summed E-state index contributed by atoms with van der Waals surface area (Å²) in [6, 6.07) is 10.4. The Morgan fingerprint density at radius 3 is 2.70 bits per heavy atom. The minimum atomic E-state index is -0.553. The molecule has 134 valence electrons. The van der Waals surface area contributed by atoms with Crippen LogP contribution in [0.1, 0.15) is 12.6 Å². The van der Waals surface area contributed by atoms with Crippen molar-refractivity contribution in [2.24, 2.45) is 0 Å². The summed E-state index contributed by atoms with van der Waals surface area (Å²) < 4.78 is 13.8. The van der Waals surface area contributed by atoms with Gasteiger partial charge in [-0.2, -0.15) is 4.39 Å². The minimum absolute atomic E-state index is 0.206. The second-order valence-electron chi connectivity index (χ2n) is 6.20. The summed E-state index contributed by atoms with van der Waals surface area (Å²) in [4.78, 5) is 27.2. The van der Waals surface area contributed by atoms with E-state index < -0.39 is 5.95 Å². The average molecular weight is 361 g/mol. The van der Waals surface area contributed by atoms with Crippen molar-refractivity contribution >= 4 is 22.8 Å². The number of carbonyl (C=O) groups is 1. The van der Waals surface area contributed by atoms with E-state index in [4.69, 9.17) is 0 Å². The van der Waals surface area contributed by atoms with Gasteiger partial charge in [-0.15, -0.1) is 0 Å². The Morgan fingerprint density at radius 2 is 1.96 bits per heavy atom. The highest BCUT2D eigenvalue weighted by Gasteiger charge is 2.18. The third-order valence-electron chi connectivity index (χ3n) is 4.16. The van der Waals surface area contributed by atoms with Crippen LogP contribution in [0.3, 0.4) is 0 Å². The van der Waals surface area contributed by atoms with Gasteiger partial charge in [0.05, 0.1) is 16.7 Å². The Balaban J connectivity index is 1.96. The van der Waals surface area contributed by atoms with Crippen LogP contribution >= 0.6 is 0 Å². The third kappa shape index (κ3) is 3.27. The number of H-pyrrole nitrogens is 1. The quantitative estimate of drug-likeness (QED) is 0.538. The van der Waals surface area contributed by atoms with Crippen molar-refractivity contribution in [3.63, 3.8) is 0 Å². The molecule has 7 heteroatoms. The molecular formula is C20H16FN5O. The molecule has 0 radical (unpaired) electrons. The Morgan fingerprint density at radius 1 is 1.11 bits per heavy atom. The van der Waals surface area contributed by atoms with Gasteiger partial charge in [0.15, 0.2) is 0 Å². The lowest BCUT2D eigenvalue weighted by atomic mass is 10.0. The van der Waals surface area contributed by atoms with Gasteiger partial charge in [-0.1, -0.05) is 6.07 Å². The molecule has 4 heterocycles. The molecule has 0 aliphatic rings. The summed E-state index contributed by atoms with van der Waals surface area (Å²) in [5, 5.41) is 2.67. The summed E-state index contributed by atoms with van der Waals surface area (Å²) in [6.07, 6.45) is 3.35. The lowest BCUT2D eigenvalue weighted by Crippen LogP contribution is -2.07. The summed E-state index contributed by atoms with van der Waals surface area (Å²) in [7, 11) is 0. The molecule has 4 rings (SSSR count). The van der Waals surface area contributed by atoms with Crippen LogP contribution in [0.25, 0.3) is 33.4 Å². The van der Waals surface area contributed by atoms with Crippen molar-refractivity contribution < 1.29 is 9.18 Å². The van der Waals surface area contributed by atoms with Crippen LogP contribution in [0.4, 0.5) is 10.2 Å². The molecule has 0 bridgehead atoms. The van der Waals surface area contributed by atoms with Crippen LogP contribution in [0.5, 0.6) is 0 Å². The number of pyridine rings is 3. The first-order valence-electron chi connectivity index (χ1n) is 8.36. The van der Waals surface area contributed by atoms with E-state index in [2.05, 4.69) is 25.3 Å². The average Bonchev–Trinajstić information content (AvgIpc) is 3.01. The van der Waals surface area contributed by atoms with Gasteiger partial charge in [0.1, 0.15) is 5.82 Å². The zero-order valence-corrected chi connectivity index (χ0v) is 14.7. The standard InChI is InChI=1S/C20H16FN5O/c1-11-3-4-14(10-23-11)18-19(25-15-5-6-16(21)26-20(15)18)13-7-8-22-17(9-13)24-12(2)27/h3-10,25H,1-2H3,(H,22,24,27). The first-order chi connectivity index (χ1) is 13.0. The van der Waals surface area contributed by atoms with Gasteiger partial charge in [0, 0.05) is 41.7 Å². The molecule has 0 aliphatic heterocycles. The van der Waals surface area contributed by atoms with Crippen LogP contribution in [0.15, 0.2) is 48.8 Å². The van der Waals surface area contributed by atoms with Gasteiger partial charge >= 0.3 is 0 Å². The molecule has 0 atom stereocenters. The SMILES string of the molecule is CC(=O)Nc1cc(-c2[nH]c3ccc(F)nc3c2-c2ccc(C)nc2)ccn1. The van der Waals surface area contributed by atoms with E-state index in [1.165, 1.54) is 13.0 Å². The molecule has 0 saturated heterocycles. The Labute approximate surface area is 154 Å². The van der Waals surface area contributed by atoms with E-state index in [9.17, 15) is 9.18 Å². The number of carbonyl (C=O) groups excluding carboxylic acids is 1. The highest BCUT2D eigenvalue weighted by Crippen LogP contribution is 2.37. The fraction of sp³-hybridized carbons (Fsp3) is 0.100. The topological polar surface area (TPSA) is 83.6 Å². The normalized spacial score (nSPS) is 10.9. The first kappa shape index (κ1) is 16.8. The third-order valence-corrected chi connectivity index (χ3v) is 4.16. The van der Waals surface area contributed by atoms with Crippen LogP contribution in [0.2, 0.25) is 0 Å². The van der Waals surface area contributed by atoms with E-state index in [0.29, 0.717) is 16.9 Å². The number of aromatic nitrogens is 4. The summed E-state index contributed by atoms with van der Waals surface area (Å²) in [5.41, 5.74) is 5.23. The van der Waals surface area contributed by atoms with Gasteiger partial charge in [-0.05, 0) is 37.3 Å². The molecule has 1 amide bonds. The Bertz CT molecular complexity index is 1150.